The Morgan fingerprint density at radius 2 is 1.86 bits per heavy atom. The molecule has 0 aliphatic carbocycles. The average Bonchev–Trinajstić information content (AvgIpc) is 2.38. The molecule has 122 valence electrons. The van der Waals surface area contributed by atoms with Crippen LogP contribution in [0.5, 0.6) is 0 Å². The second-order valence-corrected chi connectivity index (χ2v) is 5.73. The molecule has 0 spiro atoms. The van der Waals surface area contributed by atoms with Crippen molar-refractivity contribution in [2.45, 2.75) is 39.8 Å². The number of rotatable bonds is 7. The summed E-state index contributed by atoms with van der Waals surface area (Å²) in [4.78, 5) is 21.1. The van der Waals surface area contributed by atoms with Crippen LogP contribution in [-0.2, 0) is 14.4 Å². The molecule has 1 aliphatic heterocycles. The summed E-state index contributed by atoms with van der Waals surface area (Å²) in [5.74, 6) is 0.299. The minimum atomic E-state index is -0.0832. The maximum Gasteiger partial charge on any atom is 0.263 e. The maximum atomic E-state index is 12.1. The summed E-state index contributed by atoms with van der Waals surface area (Å²) < 4.78 is 5.26. The Morgan fingerprint density at radius 3 is 2.38 bits per heavy atom. The monoisotopic (exact) mass is 300 g/mol. The van der Waals surface area contributed by atoms with Crippen molar-refractivity contribution >= 4 is 11.7 Å². The van der Waals surface area contributed by atoms with Crippen LogP contribution in [0.4, 0.5) is 0 Å². The van der Waals surface area contributed by atoms with Gasteiger partial charge in [-0.05, 0) is 27.7 Å². The third-order valence-corrected chi connectivity index (χ3v) is 3.26. The lowest BCUT2D eigenvalue weighted by Gasteiger charge is -2.30. The van der Waals surface area contributed by atoms with E-state index in [2.05, 4.69) is 10.1 Å². The van der Waals surface area contributed by atoms with Crippen LogP contribution < -0.4 is 5.73 Å². The zero-order valence-corrected chi connectivity index (χ0v) is 13.5. The number of amidine groups is 1. The van der Waals surface area contributed by atoms with E-state index in [1.54, 1.807) is 4.90 Å². The highest BCUT2D eigenvalue weighted by Gasteiger charge is 2.20. The van der Waals surface area contributed by atoms with E-state index < -0.39 is 0 Å². The lowest BCUT2D eigenvalue weighted by Crippen LogP contribution is -2.44. The molecule has 0 aromatic rings. The van der Waals surface area contributed by atoms with Crippen molar-refractivity contribution in [3.05, 3.63) is 0 Å². The van der Waals surface area contributed by atoms with Crippen LogP contribution in [0.1, 0.15) is 27.7 Å². The number of amides is 1. The van der Waals surface area contributed by atoms with Gasteiger partial charge in [-0.2, -0.15) is 0 Å². The van der Waals surface area contributed by atoms with E-state index in [1.165, 1.54) is 0 Å². The minimum absolute atomic E-state index is 0.0806. The summed E-state index contributed by atoms with van der Waals surface area (Å²) in [5.41, 5.74) is 5.80. The Morgan fingerprint density at radius 1 is 1.29 bits per heavy atom. The number of hydrogen-bond donors (Lipinski definition) is 1. The zero-order valence-electron chi connectivity index (χ0n) is 13.5. The van der Waals surface area contributed by atoms with E-state index in [9.17, 15) is 4.79 Å². The van der Waals surface area contributed by atoms with Crippen molar-refractivity contribution in [1.82, 2.24) is 9.80 Å². The first-order valence-corrected chi connectivity index (χ1v) is 7.47. The Balaban J connectivity index is 2.36. The third kappa shape index (κ3) is 6.31. The molecule has 1 rings (SSSR count). The fourth-order valence-corrected chi connectivity index (χ4v) is 2.43. The van der Waals surface area contributed by atoms with Gasteiger partial charge in [-0.1, -0.05) is 5.16 Å². The molecule has 7 heteroatoms. The van der Waals surface area contributed by atoms with Gasteiger partial charge in [0.05, 0.1) is 19.8 Å². The Hall–Kier alpha value is -1.34. The fourth-order valence-electron chi connectivity index (χ4n) is 2.43. The number of oxime groups is 1. The van der Waals surface area contributed by atoms with Crippen LogP contribution in [0.3, 0.4) is 0 Å². The Labute approximate surface area is 127 Å². The summed E-state index contributed by atoms with van der Waals surface area (Å²) in [6, 6.07) is 0.270. The summed E-state index contributed by atoms with van der Waals surface area (Å²) in [6.45, 7) is 11.5. The quantitative estimate of drug-likeness (QED) is 0.414. The molecule has 0 aromatic heterocycles. The number of nitrogens with two attached hydrogens (primary N) is 1. The van der Waals surface area contributed by atoms with Crippen LogP contribution in [-0.4, -0.2) is 73.1 Å². The molecule has 1 amide bonds. The first-order chi connectivity index (χ1) is 9.91. The molecule has 1 aliphatic rings. The second kappa shape index (κ2) is 8.84. The van der Waals surface area contributed by atoms with Gasteiger partial charge >= 0.3 is 0 Å². The lowest BCUT2D eigenvalue weighted by molar-refractivity contribution is -0.139. The van der Waals surface area contributed by atoms with Crippen molar-refractivity contribution in [3.63, 3.8) is 0 Å². The highest BCUT2D eigenvalue weighted by molar-refractivity contribution is 5.82. The minimum Gasteiger partial charge on any atom is -0.384 e. The molecule has 1 fully saturated rings. The van der Waals surface area contributed by atoms with Crippen molar-refractivity contribution in [2.24, 2.45) is 10.9 Å². The SMILES string of the molecule is CC(C)N(C(=O)CO/N=C(/N)CN1CCOCC1)C(C)C. The molecule has 0 radical (unpaired) electrons. The predicted molar refractivity (Wildman–Crippen MR) is 82.0 cm³/mol. The number of nitrogens with zero attached hydrogens (tertiary/aromatic N) is 3. The van der Waals surface area contributed by atoms with E-state index in [-0.39, 0.29) is 24.6 Å². The van der Waals surface area contributed by atoms with Gasteiger partial charge in [-0.15, -0.1) is 0 Å². The van der Waals surface area contributed by atoms with E-state index in [4.69, 9.17) is 15.3 Å². The van der Waals surface area contributed by atoms with Crippen LogP contribution in [0, 0.1) is 0 Å². The van der Waals surface area contributed by atoms with Crippen molar-refractivity contribution in [1.29, 1.82) is 0 Å². The van der Waals surface area contributed by atoms with Gasteiger partial charge < -0.3 is 20.2 Å². The van der Waals surface area contributed by atoms with Gasteiger partial charge in [-0.3, -0.25) is 9.69 Å². The van der Waals surface area contributed by atoms with Crippen LogP contribution in [0.15, 0.2) is 5.16 Å². The lowest BCUT2D eigenvalue weighted by atomic mass is 10.2. The number of hydrogen-bond acceptors (Lipinski definition) is 5. The Bertz CT molecular complexity index is 344. The van der Waals surface area contributed by atoms with Crippen molar-refractivity contribution in [2.75, 3.05) is 39.5 Å². The van der Waals surface area contributed by atoms with Gasteiger partial charge in [0.25, 0.3) is 5.91 Å². The molecule has 0 unspecified atom stereocenters. The first-order valence-electron chi connectivity index (χ1n) is 7.47. The predicted octanol–water partition coefficient (Wildman–Crippen LogP) is 0.253. The maximum absolute atomic E-state index is 12.1. The van der Waals surface area contributed by atoms with E-state index in [0.29, 0.717) is 25.6 Å². The molecule has 0 aromatic carbocycles. The zero-order chi connectivity index (χ0) is 15.8. The van der Waals surface area contributed by atoms with Crippen molar-refractivity contribution in [3.8, 4) is 0 Å². The second-order valence-electron chi connectivity index (χ2n) is 5.73. The van der Waals surface area contributed by atoms with Crippen LogP contribution >= 0.6 is 0 Å². The molecular formula is C14H28N4O3. The van der Waals surface area contributed by atoms with Crippen LogP contribution in [0.25, 0.3) is 0 Å². The fraction of sp³-hybridized carbons (Fsp3) is 0.857. The highest BCUT2D eigenvalue weighted by atomic mass is 16.6. The van der Waals surface area contributed by atoms with Gasteiger partial charge in [0.1, 0.15) is 0 Å². The average molecular weight is 300 g/mol. The number of carbonyl (C=O) groups excluding carboxylic acids is 1. The number of morpholine rings is 1. The third-order valence-electron chi connectivity index (χ3n) is 3.26. The highest BCUT2D eigenvalue weighted by Crippen LogP contribution is 2.05. The molecular weight excluding hydrogens is 272 g/mol. The van der Waals surface area contributed by atoms with Crippen molar-refractivity contribution < 1.29 is 14.4 Å². The Kier molecular flexibility index (Phi) is 7.45. The standard InChI is InChI=1S/C14H28N4O3/c1-11(2)18(12(3)4)14(19)10-21-16-13(15)9-17-5-7-20-8-6-17/h11-12H,5-10H2,1-4H3,(H2,15,16). The summed E-state index contributed by atoms with van der Waals surface area (Å²) in [6.07, 6.45) is 0. The molecule has 0 bridgehead atoms. The molecule has 1 saturated heterocycles. The van der Waals surface area contributed by atoms with Gasteiger partial charge in [0, 0.05) is 25.2 Å². The smallest absolute Gasteiger partial charge is 0.263 e. The van der Waals surface area contributed by atoms with Gasteiger partial charge in [0.2, 0.25) is 0 Å². The number of carbonyl (C=O) groups is 1. The van der Waals surface area contributed by atoms with E-state index >= 15 is 0 Å². The molecule has 21 heavy (non-hydrogen) atoms. The molecule has 2 N–H and O–H groups in total. The van der Waals surface area contributed by atoms with E-state index in [0.717, 1.165) is 13.1 Å². The van der Waals surface area contributed by atoms with Gasteiger partial charge in [-0.25, -0.2) is 0 Å². The largest absolute Gasteiger partial charge is 0.384 e. The summed E-state index contributed by atoms with van der Waals surface area (Å²) in [7, 11) is 0. The van der Waals surface area contributed by atoms with Gasteiger partial charge in [0.15, 0.2) is 12.4 Å². The summed E-state index contributed by atoms with van der Waals surface area (Å²) >= 11 is 0. The topological polar surface area (TPSA) is 80.4 Å². The molecule has 1 heterocycles. The van der Waals surface area contributed by atoms with Crippen LogP contribution in [0.2, 0.25) is 0 Å². The molecule has 7 nitrogen and oxygen atoms in total. The molecule has 0 atom stereocenters. The normalized spacial score (nSPS) is 17.3. The van der Waals surface area contributed by atoms with E-state index in [1.807, 2.05) is 27.7 Å². The molecule has 0 saturated carbocycles. The first kappa shape index (κ1) is 17.7. The number of ether oxygens (including phenoxy) is 1. The summed E-state index contributed by atoms with van der Waals surface area (Å²) in [5, 5.41) is 3.82.